The molecule has 0 spiro atoms. The van der Waals surface area contributed by atoms with Gasteiger partial charge >= 0.3 is 5.97 Å². The van der Waals surface area contributed by atoms with Gasteiger partial charge in [0.15, 0.2) is 17.7 Å². The number of likely N-dealkylation sites (tertiary alicyclic amines) is 1. The van der Waals surface area contributed by atoms with E-state index < -0.39 is 12.1 Å². The van der Waals surface area contributed by atoms with E-state index in [1.54, 1.807) is 0 Å². The second-order valence-corrected chi connectivity index (χ2v) is 14.6. The SMILES string of the molecule is CCN(C)CC(=O)C[C@H]1CC(=O)C[N+]1(C)CCN(CC)CC(=O)NCC(C)(C)COCC(C)(C)CNC(=O)CCC(ON)C(=O)O. The standard InChI is InChI=1S/C32H60N6O8/c1-9-36(7)17-25(39)15-24-16-26(40)19-38(24,8)14-13-37(10-2)18-29(42)35-21-32(5,6)23-45-22-31(3,4)20-34-28(41)12-11-27(46-33)30(43)44/h24,27H,9-23,33H2,1-8H3,(H2-,34,35,41,42,43,44)/p+1/t24-,27?,38?/m0/s1. The highest BCUT2D eigenvalue weighted by Crippen LogP contribution is 2.25. The molecule has 1 saturated heterocycles. The van der Waals surface area contributed by atoms with Crippen molar-refractivity contribution in [3.63, 3.8) is 0 Å². The Morgan fingerprint density at radius 3 is 2.13 bits per heavy atom. The monoisotopic (exact) mass is 657 g/mol. The molecule has 0 aliphatic carbocycles. The lowest BCUT2D eigenvalue weighted by Crippen LogP contribution is -2.53. The first-order chi connectivity index (χ1) is 21.3. The van der Waals surface area contributed by atoms with Crippen molar-refractivity contribution in [2.45, 2.75) is 79.4 Å². The number of amides is 2. The van der Waals surface area contributed by atoms with Gasteiger partial charge in [0, 0.05) is 36.9 Å². The Balaban J connectivity index is 2.47. The normalized spacial score (nSPS) is 19.5. The number of carbonyl (C=O) groups is 5. The van der Waals surface area contributed by atoms with Crippen LogP contribution in [0.2, 0.25) is 0 Å². The van der Waals surface area contributed by atoms with Gasteiger partial charge in [0.2, 0.25) is 11.8 Å². The summed E-state index contributed by atoms with van der Waals surface area (Å²) in [5, 5.41) is 14.8. The molecule has 1 heterocycles. The lowest BCUT2D eigenvalue weighted by atomic mass is 9.93. The number of hydrogen-bond donors (Lipinski definition) is 4. The van der Waals surface area contributed by atoms with Gasteiger partial charge < -0.3 is 25.0 Å². The van der Waals surface area contributed by atoms with Gasteiger partial charge in [-0.25, -0.2) is 10.7 Å². The minimum atomic E-state index is -1.23. The number of carbonyl (C=O) groups excluding carboxylic acids is 4. The molecule has 266 valence electrons. The number of likely N-dealkylation sites (N-methyl/N-ethyl adjacent to an activating group) is 3. The molecule has 1 fully saturated rings. The van der Waals surface area contributed by atoms with Crippen molar-refractivity contribution in [2.24, 2.45) is 16.7 Å². The summed E-state index contributed by atoms with van der Waals surface area (Å²) < 4.78 is 6.50. The van der Waals surface area contributed by atoms with Gasteiger partial charge in [-0.15, -0.1) is 0 Å². The molecule has 0 aromatic heterocycles. The maximum Gasteiger partial charge on any atom is 0.334 e. The van der Waals surface area contributed by atoms with Crippen LogP contribution in [0, 0.1) is 10.8 Å². The van der Waals surface area contributed by atoms with Gasteiger partial charge in [-0.1, -0.05) is 41.5 Å². The number of rotatable bonds is 24. The van der Waals surface area contributed by atoms with Crippen molar-refractivity contribution < 1.29 is 43.1 Å². The maximum absolute atomic E-state index is 12.9. The summed E-state index contributed by atoms with van der Waals surface area (Å²) in [6, 6.07) is -0.0251. The molecule has 46 heavy (non-hydrogen) atoms. The van der Waals surface area contributed by atoms with E-state index in [0.29, 0.717) is 76.4 Å². The zero-order valence-corrected chi connectivity index (χ0v) is 29.5. The quantitative estimate of drug-likeness (QED) is 0.0835. The number of nitrogens with one attached hydrogen (secondary N) is 2. The molecule has 0 saturated carbocycles. The van der Waals surface area contributed by atoms with E-state index in [1.807, 2.05) is 60.5 Å². The molecule has 14 heteroatoms. The number of carboxylic acids is 1. The molecule has 2 amide bonds. The Morgan fingerprint density at radius 2 is 1.61 bits per heavy atom. The van der Waals surface area contributed by atoms with Crippen molar-refractivity contribution >= 4 is 29.4 Å². The Morgan fingerprint density at radius 1 is 1.02 bits per heavy atom. The van der Waals surface area contributed by atoms with Crippen molar-refractivity contribution in [2.75, 3.05) is 86.2 Å². The van der Waals surface area contributed by atoms with Crippen molar-refractivity contribution in [1.29, 1.82) is 0 Å². The molecule has 2 unspecified atom stereocenters. The Hall–Kier alpha value is -2.49. The van der Waals surface area contributed by atoms with E-state index in [0.717, 1.165) is 6.54 Å². The predicted molar refractivity (Wildman–Crippen MR) is 175 cm³/mol. The first-order valence-electron chi connectivity index (χ1n) is 16.3. The summed E-state index contributed by atoms with van der Waals surface area (Å²) in [5.74, 6) is 3.70. The number of quaternary nitrogens is 1. The van der Waals surface area contributed by atoms with Crippen LogP contribution in [-0.4, -0.2) is 147 Å². The minimum Gasteiger partial charge on any atom is -0.479 e. The highest BCUT2D eigenvalue weighted by molar-refractivity contribution is 5.85. The topological polar surface area (TPSA) is 181 Å². The summed E-state index contributed by atoms with van der Waals surface area (Å²) in [6.07, 6.45) is -0.459. The van der Waals surface area contributed by atoms with Crippen LogP contribution in [0.4, 0.5) is 0 Å². The molecule has 0 radical (unpaired) electrons. The van der Waals surface area contributed by atoms with Crippen LogP contribution >= 0.6 is 0 Å². The van der Waals surface area contributed by atoms with E-state index in [4.69, 9.17) is 15.7 Å². The molecule has 3 atom stereocenters. The Labute approximate surface area is 275 Å². The molecule has 0 aromatic carbocycles. The van der Waals surface area contributed by atoms with Gasteiger partial charge in [0.05, 0.1) is 52.7 Å². The molecule has 1 rings (SSSR count). The van der Waals surface area contributed by atoms with Gasteiger partial charge in [0.1, 0.15) is 12.6 Å². The van der Waals surface area contributed by atoms with E-state index in [-0.39, 0.29) is 59.6 Å². The van der Waals surface area contributed by atoms with Crippen molar-refractivity contribution in [3.05, 3.63) is 0 Å². The first kappa shape index (κ1) is 41.5. The van der Waals surface area contributed by atoms with Gasteiger partial charge in [-0.2, -0.15) is 0 Å². The highest BCUT2D eigenvalue weighted by Gasteiger charge is 2.44. The maximum atomic E-state index is 12.9. The van der Waals surface area contributed by atoms with Crippen LogP contribution in [0.15, 0.2) is 0 Å². The summed E-state index contributed by atoms with van der Waals surface area (Å²) in [4.78, 5) is 69.4. The van der Waals surface area contributed by atoms with Crippen molar-refractivity contribution in [3.8, 4) is 0 Å². The number of Topliss-reactive ketones (excluding diaryl/α,β-unsaturated/α-hetero) is 2. The Kier molecular flexibility index (Phi) is 17.5. The van der Waals surface area contributed by atoms with E-state index in [9.17, 15) is 24.0 Å². The fourth-order valence-electron chi connectivity index (χ4n) is 5.33. The number of nitrogens with two attached hydrogens (primary N) is 1. The largest absolute Gasteiger partial charge is 0.479 e. The molecule has 5 N–H and O–H groups in total. The van der Waals surface area contributed by atoms with E-state index >= 15 is 0 Å². The molecule has 0 bridgehead atoms. The van der Waals surface area contributed by atoms with E-state index in [2.05, 4.69) is 20.4 Å². The second-order valence-electron chi connectivity index (χ2n) is 14.6. The molecule has 14 nitrogen and oxygen atoms in total. The number of nitrogens with zero attached hydrogens (tertiary/aromatic N) is 3. The van der Waals surface area contributed by atoms with Crippen LogP contribution in [0.3, 0.4) is 0 Å². The average Bonchev–Trinajstić information content (AvgIpc) is 3.24. The van der Waals surface area contributed by atoms with Crippen LogP contribution in [0.1, 0.15) is 67.2 Å². The number of ether oxygens (including phenoxy) is 1. The zero-order chi connectivity index (χ0) is 35.1. The summed E-state index contributed by atoms with van der Waals surface area (Å²) >= 11 is 0. The smallest absolute Gasteiger partial charge is 0.334 e. The Bertz CT molecular complexity index is 1020. The zero-order valence-electron chi connectivity index (χ0n) is 29.5. The van der Waals surface area contributed by atoms with Crippen molar-refractivity contribution in [1.82, 2.24) is 20.4 Å². The van der Waals surface area contributed by atoms with Gasteiger partial charge in [-0.05, 0) is 26.6 Å². The van der Waals surface area contributed by atoms with Crippen LogP contribution in [-0.2, 0) is 33.5 Å². The predicted octanol–water partition coefficient (Wildman–Crippen LogP) is 0.432. The second kappa shape index (κ2) is 19.4. The third-order valence-corrected chi connectivity index (χ3v) is 8.66. The fourth-order valence-corrected chi connectivity index (χ4v) is 5.33. The van der Waals surface area contributed by atoms with Gasteiger partial charge in [0.25, 0.3) is 0 Å². The lowest BCUT2D eigenvalue weighted by molar-refractivity contribution is -0.916. The van der Waals surface area contributed by atoms with Crippen LogP contribution < -0.4 is 16.5 Å². The summed E-state index contributed by atoms with van der Waals surface area (Å²) in [6.45, 7) is 17.3. The third kappa shape index (κ3) is 15.9. The number of ketones is 2. The number of aliphatic carboxylic acids is 1. The van der Waals surface area contributed by atoms with E-state index in [1.165, 1.54) is 0 Å². The molecule has 1 aliphatic rings. The fraction of sp³-hybridized carbons (Fsp3) is 0.844. The summed E-state index contributed by atoms with van der Waals surface area (Å²) in [7, 11) is 3.97. The first-order valence-corrected chi connectivity index (χ1v) is 16.3. The van der Waals surface area contributed by atoms with Gasteiger partial charge in [-0.3, -0.25) is 33.8 Å². The van der Waals surface area contributed by atoms with Crippen LogP contribution in [0.5, 0.6) is 0 Å². The molecule has 1 aliphatic heterocycles. The molecular formula is C32H61N6O8+. The number of carboxylic acid groups (broad SMARTS) is 1. The molecule has 0 aromatic rings. The lowest BCUT2D eigenvalue weighted by Gasteiger charge is -2.37. The average molecular weight is 658 g/mol. The molecular weight excluding hydrogens is 596 g/mol. The number of hydrogen-bond acceptors (Lipinski definition) is 10. The third-order valence-electron chi connectivity index (χ3n) is 8.66. The summed E-state index contributed by atoms with van der Waals surface area (Å²) in [5.41, 5.74) is -0.704. The van der Waals surface area contributed by atoms with Crippen LogP contribution in [0.25, 0.3) is 0 Å². The highest BCUT2D eigenvalue weighted by atomic mass is 16.6. The minimum absolute atomic E-state index is 0.0237.